The molecule has 42 heavy (non-hydrogen) atoms. The molecule has 240 valence electrons. The zero-order valence-corrected chi connectivity index (χ0v) is 28.8. The molecular weight excluding hydrogens is 522 g/mol. The highest BCUT2D eigenvalue weighted by atomic mass is 16.5. The van der Waals surface area contributed by atoms with Gasteiger partial charge in [0.25, 0.3) is 0 Å². The SMILES string of the molecule is CC(C)[C@@H](C)[C@@]1(C)CC[C@]2(C)[C@H]3CC[C@@H]4[C@@]5(COC[C@@]4(C)[C@@H](OCC(C)(N)C(C)C)[C@H](C)C5)C3=CC[C@@]2(C)[C@@H]1C(=O)O. The highest BCUT2D eigenvalue weighted by Crippen LogP contribution is 2.75. The molecule has 1 saturated heterocycles. The summed E-state index contributed by atoms with van der Waals surface area (Å²) >= 11 is 0. The largest absolute Gasteiger partial charge is 0.481 e. The Morgan fingerprint density at radius 3 is 2.36 bits per heavy atom. The molecule has 1 unspecified atom stereocenters. The predicted molar refractivity (Wildman–Crippen MR) is 170 cm³/mol. The van der Waals surface area contributed by atoms with Crippen molar-refractivity contribution >= 4 is 5.97 Å². The molecule has 0 amide bonds. The summed E-state index contributed by atoms with van der Waals surface area (Å²) in [5.41, 5.74) is 7.38. The molecule has 0 spiro atoms. The van der Waals surface area contributed by atoms with Gasteiger partial charge in [0.1, 0.15) is 0 Å². The molecule has 3 N–H and O–H groups in total. The fourth-order valence-corrected chi connectivity index (χ4v) is 11.8. The normalized spacial score (nSPS) is 48.9. The number of allylic oxidation sites excluding steroid dienone is 1. The summed E-state index contributed by atoms with van der Waals surface area (Å²) in [5, 5.41) is 10.9. The third kappa shape index (κ3) is 4.28. The minimum atomic E-state index is -0.588. The Balaban J connectivity index is 1.53. The molecule has 1 heterocycles. The lowest BCUT2D eigenvalue weighted by molar-refractivity contribution is -0.253. The second-order valence-electron chi connectivity index (χ2n) is 17.9. The van der Waals surface area contributed by atoms with Crippen molar-refractivity contribution in [3.05, 3.63) is 11.6 Å². The van der Waals surface area contributed by atoms with E-state index in [9.17, 15) is 9.90 Å². The molecule has 1 aliphatic heterocycles. The molecule has 4 aliphatic carbocycles. The molecule has 5 heteroatoms. The van der Waals surface area contributed by atoms with Crippen LogP contribution in [0.5, 0.6) is 0 Å². The van der Waals surface area contributed by atoms with Gasteiger partial charge in [-0.3, -0.25) is 4.79 Å². The van der Waals surface area contributed by atoms with Gasteiger partial charge < -0.3 is 20.3 Å². The van der Waals surface area contributed by atoms with Gasteiger partial charge in [-0.2, -0.15) is 0 Å². The number of carboxylic acids is 1. The summed E-state index contributed by atoms with van der Waals surface area (Å²) in [6.45, 7) is 27.4. The van der Waals surface area contributed by atoms with Gasteiger partial charge in [0.15, 0.2) is 0 Å². The van der Waals surface area contributed by atoms with Gasteiger partial charge in [0.05, 0.1) is 31.8 Å². The zero-order valence-electron chi connectivity index (χ0n) is 28.8. The number of aliphatic carboxylic acids is 1. The molecule has 5 aliphatic rings. The van der Waals surface area contributed by atoms with E-state index < -0.39 is 5.97 Å². The molecule has 0 radical (unpaired) electrons. The van der Waals surface area contributed by atoms with Gasteiger partial charge in [-0.1, -0.05) is 80.9 Å². The average molecular weight is 586 g/mol. The molecule has 0 aromatic carbocycles. The number of carboxylic acid groups (broad SMARTS) is 1. The molecule has 5 rings (SSSR count). The van der Waals surface area contributed by atoms with E-state index in [0.29, 0.717) is 42.1 Å². The van der Waals surface area contributed by atoms with Crippen molar-refractivity contribution in [3.8, 4) is 0 Å². The van der Waals surface area contributed by atoms with Crippen molar-refractivity contribution in [1.82, 2.24) is 0 Å². The number of rotatable bonds is 7. The summed E-state index contributed by atoms with van der Waals surface area (Å²) < 4.78 is 13.4. The second kappa shape index (κ2) is 10.3. The number of fused-ring (bicyclic) bond motifs is 3. The third-order valence-electron chi connectivity index (χ3n) is 15.3. The Morgan fingerprint density at radius 2 is 1.76 bits per heavy atom. The van der Waals surface area contributed by atoms with Crippen LogP contribution >= 0.6 is 0 Å². The summed E-state index contributed by atoms with van der Waals surface area (Å²) in [4.78, 5) is 13.3. The fraction of sp³-hybridized carbons (Fsp3) is 0.919. The lowest BCUT2D eigenvalue weighted by atomic mass is 9.34. The summed E-state index contributed by atoms with van der Waals surface area (Å²) in [5.74, 6) is 1.57. The number of hydrogen-bond acceptors (Lipinski definition) is 4. The Labute approximate surface area is 257 Å². The molecule has 3 saturated carbocycles. The molecule has 12 atom stereocenters. The molecular formula is C37H63NO4. The minimum absolute atomic E-state index is 0.0221. The summed E-state index contributed by atoms with van der Waals surface area (Å²) in [6, 6.07) is 0. The Hall–Kier alpha value is -0.910. The highest BCUT2D eigenvalue weighted by molar-refractivity contribution is 5.73. The van der Waals surface area contributed by atoms with Crippen LogP contribution in [-0.2, 0) is 14.3 Å². The maximum atomic E-state index is 13.3. The molecule has 5 nitrogen and oxygen atoms in total. The van der Waals surface area contributed by atoms with Crippen LogP contribution in [0.1, 0.15) is 115 Å². The lowest BCUT2D eigenvalue weighted by Crippen LogP contribution is -2.69. The number of nitrogens with two attached hydrogens (primary N) is 1. The van der Waals surface area contributed by atoms with Crippen LogP contribution in [0.3, 0.4) is 0 Å². The van der Waals surface area contributed by atoms with Crippen molar-refractivity contribution in [2.24, 2.45) is 74.2 Å². The highest BCUT2D eigenvalue weighted by Gasteiger charge is 2.71. The van der Waals surface area contributed by atoms with Crippen LogP contribution in [0.4, 0.5) is 0 Å². The molecule has 0 aromatic heterocycles. The molecule has 4 fully saturated rings. The van der Waals surface area contributed by atoms with Crippen molar-refractivity contribution in [2.75, 3.05) is 19.8 Å². The van der Waals surface area contributed by atoms with Gasteiger partial charge in [0, 0.05) is 16.4 Å². The monoisotopic (exact) mass is 585 g/mol. The first-order chi connectivity index (χ1) is 19.3. The van der Waals surface area contributed by atoms with Gasteiger partial charge in [0.2, 0.25) is 0 Å². The van der Waals surface area contributed by atoms with Gasteiger partial charge >= 0.3 is 5.97 Å². The zero-order chi connectivity index (χ0) is 31.3. The van der Waals surface area contributed by atoms with Crippen LogP contribution in [0.15, 0.2) is 11.6 Å². The predicted octanol–water partition coefficient (Wildman–Crippen LogP) is 7.97. The van der Waals surface area contributed by atoms with E-state index in [4.69, 9.17) is 15.2 Å². The van der Waals surface area contributed by atoms with Crippen molar-refractivity contribution in [1.29, 1.82) is 0 Å². The summed E-state index contributed by atoms with van der Waals surface area (Å²) in [6.07, 6.45) is 9.03. The van der Waals surface area contributed by atoms with Gasteiger partial charge in [-0.25, -0.2) is 0 Å². The van der Waals surface area contributed by atoms with E-state index in [1.807, 2.05) is 0 Å². The first kappa shape index (κ1) is 32.5. The quantitative estimate of drug-likeness (QED) is 0.296. The van der Waals surface area contributed by atoms with Gasteiger partial charge in [-0.05, 0) is 97.2 Å². The van der Waals surface area contributed by atoms with Crippen LogP contribution in [-0.4, -0.2) is 42.5 Å². The van der Waals surface area contributed by atoms with E-state index in [-0.39, 0.29) is 44.6 Å². The van der Waals surface area contributed by atoms with E-state index in [1.165, 1.54) is 6.42 Å². The maximum absolute atomic E-state index is 13.3. The average Bonchev–Trinajstić information content (AvgIpc) is 2.88. The lowest BCUT2D eigenvalue weighted by Gasteiger charge is -2.71. The van der Waals surface area contributed by atoms with Crippen LogP contribution in [0.2, 0.25) is 0 Å². The van der Waals surface area contributed by atoms with Crippen LogP contribution < -0.4 is 5.73 Å². The van der Waals surface area contributed by atoms with E-state index in [1.54, 1.807) is 5.57 Å². The van der Waals surface area contributed by atoms with Crippen molar-refractivity contribution in [2.45, 2.75) is 126 Å². The smallest absolute Gasteiger partial charge is 0.307 e. The number of hydrogen-bond donors (Lipinski definition) is 2. The number of carbonyl (C=O) groups is 1. The fourth-order valence-electron chi connectivity index (χ4n) is 11.8. The first-order valence-electron chi connectivity index (χ1n) is 17.2. The van der Waals surface area contributed by atoms with Crippen molar-refractivity contribution < 1.29 is 19.4 Å². The second-order valence-corrected chi connectivity index (χ2v) is 17.9. The standard InChI is InChI=1S/C37H63NO4/c1-22(2)25(6)32(7)16-17-34(9)26-12-13-28-33(8)19-41-21-37(28,27(26)14-15-35(34,10)29(32)31(39)40)18-24(5)30(33)42-20-36(11,38)23(3)4/h14,22-26,28-30H,12-13,15-21,38H2,1-11H3,(H,39,40)/t24-,25-,26+,28+,29-,30+,32-,33-,34-,35+,36?,37+/m1/s1. The van der Waals surface area contributed by atoms with Gasteiger partial charge in [-0.15, -0.1) is 0 Å². The number of ether oxygens (including phenoxy) is 2. The molecule has 2 bridgehead atoms. The van der Waals surface area contributed by atoms with Crippen LogP contribution in [0.25, 0.3) is 0 Å². The Bertz CT molecular complexity index is 1100. The Kier molecular flexibility index (Phi) is 7.97. The topological polar surface area (TPSA) is 81.8 Å². The molecule has 0 aromatic rings. The minimum Gasteiger partial charge on any atom is -0.481 e. The van der Waals surface area contributed by atoms with E-state index >= 15 is 0 Å². The maximum Gasteiger partial charge on any atom is 0.307 e. The third-order valence-corrected chi connectivity index (χ3v) is 15.3. The van der Waals surface area contributed by atoms with Crippen LogP contribution in [0, 0.1) is 68.5 Å². The van der Waals surface area contributed by atoms with E-state index in [0.717, 1.165) is 45.3 Å². The van der Waals surface area contributed by atoms with Crippen molar-refractivity contribution in [3.63, 3.8) is 0 Å². The first-order valence-corrected chi connectivity index (χ1v) is 17.2. The van der Waals surface area contributed by atoms with E-state index in [2.05, 4.69) is 82.2 Å². The summed E-state index contributed by atoms with van der Waals surface area (Å²) in [7, 11) is 0. The Morgan fingerprint density at radius 1 is 1.10 bits per heavy atom.